The van der Waals surface area contributed by atoms with Crippen LogP contribution in [0.3, 0.4) is 0 Å². The number of amides is 1. The van der Waals surface area contributed by atoms with Crippen LogP contribution in [-0.2, 0) is 5.41 Å². The topological polar surface area (TPSA) is 23.6 Å². The summed E-state index contributed by atoms with van der Waals surface area (Å²) < 4.78 is 28.8. The minimum Gasteiger partial charge on any atom is -0.307 e. The number of halogens is 2. The van der Waals surface area contributed by atoms with Gasteiger partial charge < -0.3 is 9.80 Å². The van der Waals surface area contributed by atoms with Crippen molar-refractivity contribution < 1.29 is 13.6 Å². The van der Waals surface area contributed by atoms with Crippen LogP contribution >= 0.6 is 0 Å². The number of fused-ring (bicyclic) bond motifs is 1. The van der Waals surface area contributed by atoms with Crippen LogP contribution in [0.5, 0.6) is 0 Å². The molecule has 5 heteroatoms. The van der Waals surface area contributed by atoms with Crippen molar-refractivity contribution in [3.63, 3.8) is 0 Å². The maximum atomic E-state index is 14.4. The number of unbranched alkanes of at least 4 members (excludes halogenated alkanes) is 1. The Hall–Kier alpha value is -2.53. The van der Waals surface area contributed by atoms with Crippen molar-refractivity contribution in [3.05, 3.63) is 76.9 Å². The molecule has 1 heterocycles. The molecule has 2 aromatic carbocycles. The molecule has 0 saturated heterocycles. The van der Waals surface area contributed by atoms with Gasteiger partial charge in [0.15, 0.2) is 0 Å². The van der Waals surface area contributed by atoms with Crippen LogP contribution in [0.2, 0.25) is 0 Å². The third kappa shape index (κ3) is 4.78. The first-order chi connectivity index (χ1) is 15.2. The first-order valence-electron chi connectivity index (χ1n) is 11.4. The number of hydrogen-bond donors (Lipinski definition) is 0. The SMILES string of the molecule is C=CCCCN(CC)CCC1(C)CN(C(=O)c2c(F)cccc2F)c2cc(C)c(C)cc21. The molecule has 0 fully saturated rings. The second-order valence-electron chi connectivity index (χ2n) is 9.12. The summed E-state index contributed by atoms with van der Waals surface area (Å²) >= 11 is 0. The molecule has 0 spiro atoms. The molecule has 1 aliphatic rings. The lowest BCUT2D eigenvalue weighted by Gasteiger charge is -2.30. The summed E-state index contributed by atoms with van der Waals surface area (Å²) in [5.74, 6) is -2.27. The Morgan fingerprint density at radius 1 is 1.19 bits per heavy atom. The number of rotatable bonds is 9. The Kier molecular flexibility index (Phi) is 7.50. The molecule has 0 saturated carbocycles. The van der Waals surface area contributed by atoms with Crippen molar-refractivity contribution >= 4 is 11.6 Å². The molecule has 3 rings (SSSR count). The number of anilines is 1. The minimum absolute atomic E-state index is 0.295. The first-order valence-corrected chi connectivity index (χ1v) is 11.4. The highest BCUT2D eigenvalue weighted by molar-refractivity contribution is 6.08. The number of aryl methyl sites for hydroxylation is 2. The number of allylic oxidation sites excluding steroid dienone is 1. The van der Waals surface area contributed by atoms with Crippen molar-refractivity contribution in [2.24, 2.45) is 0 Å². The number of carbonyl (C=O) groups excluding carboxylic acids is 1. The van der Waals surface area contributed by atoms with Gasteiger partial charge in [-0.15, -0.1) is 6.58 Å². The van der Waals surface area contributed by atoms with Crippen LogP contribution in [0.1, 0.15) is 60.2 Å². The summed E-state index contributed by atoms with van der Waals surface area (Å²) in [6.45, 7) is 15.4. The van der Waals surface area contributed by atoms with Gasteiger partial charge in [-0.1, -0.05) is 32.1 Å². The van der Waals surface area contributed by atoms with Crippen molar-refractivity contribution in [3.8, 4) is 0 Å². The Balaban J connectivity index is 1.92. The zero-order valence-electron chi connectivity index (χ0n) is 19.7. The number of hydrogen-bond acceptors (Lipinski definition) is 2. The Labute approximate surface area is 190 Å². The van der Waals surface area contributed by atoms with E-state index in [4.69, 9.17) is 0 Å². The Morgan fingerprint density at radius 2 is 1.84 bits per heavy atom. The molecule has 0 aromatic heterocycles. The van der Waals surface area contributed by atoms with Crippen molar-refractivity contribution in [1.29, 1.82) is 0 Å². The van der Waals surface area contributed by atoms with Crippen LogP contribution in [0.15, 0.2) is 43.0 Å². The van der Waals surface area contributed by atoms with Crippen molar-refractivity contribution in [1.82, 2.24) is 4.90 Å². The van der Waals surface area contributed by atoms with E-state index in [2.05, 4.69) is 38.3 Å². The molecular weight excluding hydrogens is 406 g/mol. The molecule has 1 atom stereocenters. The predicted molar refractivity (Wildman–Crippen MR) is 127 cm³/mol. The van der Waals surface area contributed by atoms with Gasteiger partial charge in [-0.25, -0.2) is 8.78 Å². The first kappa shape index (κ1) is 24.1. The van der Waals surface area contributed by atoms with Gasteiger partial charge in [-0.2, -0.15) is 0 Å². The van der Waals surface area contributed by atoms with E-state index in [1.165, 1.54) is 6.07 Å². The summed E-state index contributed by atoms with van der Waals surface area (Å²) in [5.41, 5.74) is 3.27. The second-order valence-corrected chi connectivity index (χ2v) is 9.12. The van der Waals surface area contributed by atoms with E-state index in [-0.39, 0.29) is 5.41 Å². The molecule has 32 heavy (non-hydrogen) atoms. The van der Waals surface area contributed by atoms with Crippen LogP contribution in [-0.4, -0.2) is 37.0 Å². The highest BCUT2D eigenvalue weighted by Crippen LogP contribution is 2.45. The molecule has 0 N–H and O–H groups in total. The van der Waals surface area contributed by atoms with E-state index < -0.39 is 23.1 Å². The number of nitrogens with zero attached hydrogens (tertiary/aromatic N) is 2. The predicted octanol–water partition coefficient (Wildman–Crippen LogP) is 6.18. The molecule has 1 amide bonds. The standard InChI is InChI=1S/C27H34F2N2O/c1-6-8-9-14-30(7-2)15-13-27(5)18-31(24-17-20(4)19(3)16-21(24)27)26(32)25-22(28)11-10-12-23(25)29/h6,10-12,16-17H,1,7-9,13-15,18H2,2-5H3. The zero-order valence-corrected chi connectivity index (χ0v) is 19.7. The average Bonchev–Trinajstić information content (AvgIpc) is 3.03. The van der Waals surface area contributed by atoms with Crippen LogP contribution < -0.4 is 4.90 Å². The third-order valence-electron chi connectivity index (χ3n) is 6.79. The zero-order chi connectivity index (χ0) is 23.5. The lowest BCUT2D eigenvalue weighted by atomic mass is 9.80. The van der Waals surface area contributed by atoms with Crippen molar-refractivity contribution in [2.75, 3.05) is 31.1 Å². The molecule has 0 radical (unpaired) electrons. The second kappa shape index (κ2) is 9.95. The van der Waals surface area contributed by atoms with Gasteiger partial charge in [-0.3, -0.25) is 4.79 Å². The molecule has 0 bridgehead atoms. The number of benzene rings is 2. The molecule has 3 nitrogen and oxygen atoms in total. The summed E-state index contributed by atoms with van der Waals surface area (Å²) in [6, 6.07) is 7.67. The summed E-state index contributed by atoms with van der Waals surface area (Å²) in [5, 5.41) is 0. The van der Waals surface area contributed by atoms with Gasteiger partial charge in [0.1, 0.15) is 17.2 Å². The van der Waals surface area contributed by atoms with E-state index in [0.29, 0.717) is 6.54 Å². The maximum absolute atomic E-state index is 14.4. The molecule has 2 aromatic rings. The average molecular weight is 441 g/mol. The smallest absolute Gasteiger partial charge is 0.264 e. The Bertz CT molecular complexity index is 983. The summed E-state index contributed by atoms with van der Waals surface area (Å²) in [6.07, 6.45) is 4.86. The van der Waals surface area contributed by atoms with Gasteiger partial charge in [0.25, 0.3) is 5.91 Å². The fourth-order valence-electron chi connectivity index (χ4n) is 4.55. The van der Waals surface area contributed by atoms with Gasteiger partial charge in [0.05, 0.1) is 0 Å². The quantitative estimate of drug-likeness (QED) is 0.343. The lowest BCUT2D eigenvalue weighted by Crippen LogP contribution is -2.38. The van der Waals surface area contributed by atoms with Gasteiger partial charge in [0.2, 0.25) is 0 Å². The van der Waals surface area contributed by atoms with Crippen LogP contribution in [0, 0.1) is 25.5 Å². The Morgan fingerprint density at radius 3 is 2.47 bits per heavy atom. The van der Waals surface area contributed by atoms with E-state index in [0.717, 1.165) is 73.4 Å². The maximum Gasteiger partial charge on any atom is 0.264 e. The van der Waals surface area contributed by atoms with Crippen molar-refractivity contribution in [2.45, 2.75) is 52.4 Å². The highest BCUT2D eigenvalue weighted by atomic mass is 19.1. The molecule has 1 aliphatic heterocycles. The third-order valence-corrected chi connectivity index (χ3v) is 6.79. The van der Waals surface area contributed by atoms with E-state index in [9.17, 15) is 13.6 Å². The molecular formula is C27H34F2N2O. The highest BCUT2D eigenvalue weighted by Gasteiger charge is 2.42. The van der Waals surface area contributed by atoms with Gasteiger partial charge in [-0.05, 0) is 87.6 Å². The van der Waals surface area contributed by atoms with Gasteiger partial charge >= 0.3 is 0 Å². The molecule has 172 valence electrons. The van der Waals surface area contributed by atoms with Crippen LogP contribution in [0.25, 0.3) is 0 Å². The largest absolute Gasteiger partial charge is 0.307 e. The van der Waals surface area contributed by atoms with E-state index in [1.807, 2.05) is 19.1 Å². The number of carbonyl (C=O) groups is 1. The molecule has 1 unspecified atom stereocenters. The fraction of sp³-hybridized carbons (Fsp3) is 0.444. The monoisotopic (exact) mass is 440 g/mol. The van der Waals surface area contributed by atoms with Gasteiger partial charge in [0, 0.05) is 17.6 Å². The lowest BCUT2D eigenvalue weighted by molar-refractivity contribution is 0.0976. The summed E-state index contributed by atoms with van der Waals surface area (Å²) in [4.78, 5) is 17.3. The molecule has 0 aliphatic carbocycles. The summed E-state index contributed by atoms with van der Waals surface area (Å²) in [7, 11) is 0. The van der Waals surface area contributed by atoms with E-state index >= 15 is 0 Å². The normalized spacial score (nSPS) is 17.7. The fourth-order valence-corrected chi connectivity index (χ4v) is 4.55. The van der Waals surface area contributed by atoms with Crippen LogP contribution in [0.4, 0.5) is 14.5 Å². The minimum atomic E-state index is -0.826. The van der Waals surface area contributed by atoms with E-state index in [1.54, 1.807) is 4.90 Å².